The number of nitrogens with one attached hydrogen (secondary N) is 1. The van der Waals surface area contributed by atoms with E-state index in [2.05, 4.69) is 23.5 Å². The highest BCUT2D eigenvalue weighted by Gasteiger charge is 2.25. The molecule has 32 heavy (non-hydrogen) atoms. The van der Waals surface area contributed by atoms with Gasteiger partial charge < -0.3 is 10.1 Å². The number of ether oxygens (including phenoxy) is 1. The Morgan fingerprint density at radius 2 is 1.91 bits per heavy atom. The molecule has 4 nitrogen and oxygen atoms in total. The summed E-state index contributed by atoms with van der Waals surface area (Å²) in [4.78, 5) is 20.3. The third kappa shape index (κ3) is 4.56. The van der Waals surface area contributed by atoms with Gasteiger partial charge in [-0.25, -0.2) is 4.98 Å². The van der Waals surface area contributed by atoms with E-state index in [-0.39, 0.29) is 5.91 Å². The van der Waals surface area contributed by atoms with Gasteiger partial charge in [0.05, 0.1) is 17.3 Å². The molecule has 0 aliphatic heterocycles. The number of para-hydroxylation sites is 1. The molecule has 0 bridgehead atoms. The van der Waals surface area contributed by atoms with E-state index in [4.69, 9.17) is 9.72 Å². The van der Waals surface area contributed by atoms with Crippen molar-refractivity contribution in [3.8, 4) is 16.3 Å². The van der Waals surface area contributed by atoms with Crippen molar-refractivity contribution in [2.24, 2.45) is 0 Å². The first kappa shape index (κ1) is 21.5. The number of aryl methyl sites for hydroxylation is 1. The van der Waals surface area contributed by atoms with Gasteiger partial charge in [-0.05, 0) is 67.6 Å². The first-order valence-electron chi connectivity index (χ1n) is 10.8. The zero-order valence-corrected chi connectivity index (χ0v) is 20.3. The summed E-state index contributed by atoms with van der Waals surface area (Å²) in [6.07, 6.45) is 5.06. The molecular formula is C25H24N2O2S3. The van der Waals surface area contributed by atoms with E-state index < -0.39 is 0 Å². The van der Waals surface area contributed by atoms with Gasteiger partial charge in [0.2, 0.25) is 5.91 Å². The number of thioether (sulfide) groups is 1. The molecule has 7 heteroatoms. The largest absolute Gasteiger partial charge is 0.497 e. The molecule has 1 N–H and O–H groups in total. The lowest BCUT2D eigenvalue weighted by Crippen LogP contribution is -2.12. The van der Waals surface area contributed by atoms with Crippen molar-refractivity contribution in [3.63, 3.8) is 0 Å². The van der Waals surface area contributed by atoms with Crippen LogP contribution >= 0.6 is 34.4 Å². The van der Waals surface area contributed by atoms with E-state index in [0.29, 0.717) is 6.42 Å². The fraction of sp³-hybridized carbons (Fsp3) is 0.280. The molecule has 1 amide bonds. The van der Waals surface area contributed by atoms with Gasteiger partial charge in [0, 0.05) is 27.5 Å². The number of rotatable bonds is 7. The summed E-state index contributed by atoms with van der Waals surface area (Å²) in [6.45, 7) is 0. The van der Waals surface area contributed by atoms with E-state index in [1.165, 1.54) is 28.0 Å². The number of nitrogens with zero attached hydrogens (tertiary/aromatic N) is 1. The number of carbonyl (C=O) groups excluding carboxylic acids is 1. The van der Waals surface area contributed by atoms with Crippen LogP contribution in [0.5, 0.6) is 5.75 Å². The smallest absolute Gasteiger partial charge is 0.225 e. The maximum atomic E-state index is 12.8. The summed E-state index contributed by atoms with van der Waals surface area (Å²) in [5.41, 5.74) is 3.57. The van der Waals surface area contributed by atoms with Crippen molar-refractivity contribution in [2.45, 2.75) is 37.0 Å². The molecule has 1 aliphatic carbocycles. The number of aromatic nitrogens is 1. The molecule has 0 unspecified atom stereocenters. The quantitative estimate of drug-likeness (QED) is 0.288. The number of carbonyl (C=O) groups is 1. The Bertz CT molecular complexity index is 1210. The Labute approximate surface area is 200 Å². The summed E-state index contributed by atoms with van der Waals surface area (Å²) in [5.74, 6) is 1.64. The van der Waals surface area contributed by atoms with E-state index >= 15 is 0 Å². The number of methoxy groups -OCH3 is 1. The molecule has 0 spiro atoms. The molecule has 2 aromatic carbocycles. The predicted octanol–water partition coefficient (Wildman–Crippen LogP) is 7.03. The maximum absolute atomic E-state index is 12.8. The first-order valence-corrected chi connectivity index (χ1v) is 13.4. The van der Waals surface area contributed by atoms with Crippen molar-refractivity contribution in [2.75, 3.05) is 18.2 Å². The van der Waals surface area contributed by atoms with Crippen LogP contribution in [0.25, 0.3) is 20.8 Å². The Hall–Kier alpha value is -2.35. The molecule has 2 heterocycles. The number of benzene rings is 2. The summed E-state index contributed by atoms with van der Waals surface area (Å²) in [6, 6.07) is 16.2. The van der Waals surface area contributed by atoms with E-state index in [1.54, 1.807) is 41.5 Å². The highest BCUT2D eigenvalue weighted by molar-refractivity contribution is 7.99. The van der Waals surface area contributed by atoms with Crippen LogP contribution in [0.15, 0.2) is 53.4 Å². The van der Waals surface area contributed by atoms with Crippen LogP contribution in [0.2, 0.25) is 0 Å². The van der Waals surface area contributed by atoms with Gasteiger partial charge in [0.1, 0.15) is 15.8 Å². The van der Waals surface area contributed by atoms with Crippen molar-refractivity contribution in [3.05, 3.63) is 59.0 Å². The topological polar surface area (TPSA) is 51.2 Å². The minimum absolute atomic E-state index is 0.0620. The number of thiazole rings is 1. The highest BCUT2D eigenvalue weighted by atomic mass is 32.2. The van der Waals surface area contributed by atoms with Crippen LogP contribution in [0.3, 0.4) is 0 Å². The second-order valence-electron chi connectivity index (χ2n) is 7.72. The molecule has 1 aliphatic rings. The SMILES string of the molecule is COc1ccc(SCCC(=O)Nc2sc3c(c2-c2nc4ccccc4s2)CCCC3)cc1. The number of thiophene rings is 1. The molecule has 0 radical (unpaired) electrons. The van der Waals surface area contributed by atoms with Crippen LogP contribution in [0, 0.1) is 0 Å². The predicted molar refractivity (Wildman–Crippen MR) is 137 cm³/mol. The molecule has 0 atom stereocenters. The molecule has 0 saturated heterocycles. The Kier molecular flexibility index (Phi) is 6.48. The lowest BCUT2D eigenvalue weighted by Gasteiger charge is -2.11. The summed E-state index contributed by atoms with van der Waals surface area (Å²) >= 11 is 5.15. The van der Waals surface area contributed by atoms with Gasteiger partial charge >= 0.3 is 0 Å². The Morgan fingerprint density at radius 3 is 2.72 bits per heavy atom. The minimum atomic E-state index is 0.0620. The molecule has 0 saturated carbocycles. The normalized spacial score (nSPS) is 13.2. The van der Waals surface area contributed by atoms with Crippen molar-refractivity contribution in [1.82, 2.24) is 4.98 Å². The number of fused-ring (bicyclic) bond motifs is 2. The number of anilines is 1. The number of amides is 1. The average Bonchev–Trinajstić information content (AvgIpc) is 3.40. The van der Waals surface area contributed by atoms with Gasteiger partial charge in [-0.1, -0.05) is 12.1 Å². The third-order valence-electron chi connectivity index (χ3n) is 5.59. The summed E-state index contributed by atoms with van der Waals surface area (Å²) in [7, 11) is 1.66. The van der Waals surface area contributed by atoms with Gasteiger partial charge in [-0.3, -0.25) is 4.79 Å². The van der Waals surface area contributed by atoms with Crippen molar-refractivity contribution in [1.29, 1.82) is 0 Å². The molecule has 164 valence electrons. The highest BCUT2D eigenvalue weighted by Crippen LogP contribution is 2.46. The van der Waals surface area contributed by atoms with Crippen LogP contribution in [-0.4, -0.2) is 23.8 Å². The minimum Gasteiger partial charge on any atom is -0.497 e. The van der Waals surface area contributed by atoms with Gasteiger partial charge in [-0.2, -0.15) is 0 Å². The Balaban J connectivity index is 1.32. The fourth-order valence-corrected chi connectivity index (χ4v) is 7.25. The van der Waals surface area contributed by atoms with Crippen LogP contribution in [0.1, 0.15) is 29.7 Å². The van der Waals surface area contributed by atoms with E-state index in [0.717, 1.165) is 50.3 Å². The van der Waals surface area contributed by atoms with E-state index in [9.17, 15) is 4.79 Å². The maximum Gasteiger partial charge on any atom is 0.225 e. The fourth-order valence-electron chi connectivity index (χ4n) is 3.98. The third-order valence-corrected chi connectivity index (χ3v) is 8.86. The second kappa shape index (κ2) is 9.65. The van der Waals surface area contributed by atoms with Crippen LogP contribution in [-0.2, 0) is 17.6 Å². The Morgan fingerprint density at radius 1 is 1.09 bits per heavy atom. The van der Waals surface area contributed by atoms with Crippen molar-refractivity contribution < 1.29 is 9.53 Å². The summed E-state index contributed by atoms with van der Waals surface area (Å²) in [5, 5.41) is 5.22. The number of hydrogen-bond acceptors (Lipinski definition) is 6. The monoisotopic (exact) mass is 480 g/mol. The molecular weight excluding hydrogens is 456 g/mol. The lowest BCUT2D eigenvalue weighted by molar-refractivity contribution is -0.115. The summed E-state index contributed by atoms with van der Waals surface area (Å²) < 4.78 is 6.39. The molecule has 5 rings (SSSR count). The van der Waals surface area contributed by atoms with Gasteiger partial charge in [0.25, 0.3) is 0 Å². The molecule has 4 aromatic rings. The van der Waals surface area contributed by atoms with Gasteiger partial charge in [-0.15, -0.1) is 34.4 Å². The molecule has 0 fully saturated rings. The zero-order valence-electron chi connectivity index (χ0n) is 17.8. The van der Waals surface area contributed by atoms with E-state index in [1.807, 2.05) is 30.3 Å². The lowest BCUT2D eigenvalue weighted by atomic mass is 9.96. The van der Waals surface area contributed by atoms with Crippen LogP contribution in [0.4, 0.5) is 5.00 Å². The molecule has 2 aromatic heterocycles. The second-order valence-corrected chi connectivity index (χ2v) is 11.0. The van der Waals surface area contributed by atoms with Gasteiger partial charge in [0.15, 0.2) is 0 Å². The average molecular weight is 481 g/mol. The standard InChI is InChI=1S/C25H24N2O2S3/c1-29-16-10-12-17(13-11-16)30-15-14-22(28)27-25-23(18-6-2-4-8-20(18)31-25)24-26-19-7-3-5-9-21(19)32-24/h3,5,7,9-13H,2,4,6,8,14-15H2,1H3,(H,27,28). The zero-order chi connectivity index (χ0) is 21.9. The number of hydrogen-bond donors (Lipinski definition) is 1. The first-order chi connectivity index (χ1) is 15.7. The van der Waals surface area contributed by atoms with Crippen molar-refractivity contribution >= 4 is 55.6 Å². The van der Waals surface area contributed by atoms with Crippen LogP contribution < -0.4 is 10.1 Å².